The molecule has 0 radical (unpaired) electrons. The first kappa shape index (κ1) is 32.2. The molecule has 13 atom stereocenters. The van der Waals surface area contributed by atoms with Crippen LogP contribution in [0.25, 0.3) is 0 Å². The van der Waals surface area contributed by atoms with Crippen molar-refractivity contribution in [2.45, 2.75) is 112 Å². The highest BCUT2D eigenvalue weighted by atomic mass is 16.6. The molecule has 10 nitrogen and oxygen atoms in total. The molecule has 1 N–H and O–H groups in total. The van der Waals surface area contributed by atoms with Crippen LogP contribution in [-0.4, -0.2) is 72.7 Å². The number of carbonyl (C=O) groups is 4. The predicted octanol–water partition coefficient (Wildman–Crippen LogP) is 4.08. The van der Waals surface area contributed by atoms with E-state index in [1.54, 1.807) is 19.9 Å². The number of ether oxygens (including phenoxy) is 5. The van der Waals surface area contributed by atoms with Gasteiger partial charge in [-0.05, 0) is 38.5 Å². The Morgan fingerprint density at radius 1 is 0.978 bits per heavy atom. The molecule has 2 aliphatic heterocycles. The molecule has 2 saturated heterocycles. The van der Waals surface area contributed by atoms with Gasteiger partial charge in [0.1, 0.15) is 18.3 Å². The Morgan fingerprint density at radius 3 is 2.24 bits per heavy atom. The quantitative estimate of drug-likeness (QED) is 0.205. The van der Waals surface area contributed by atoms with Crippen molar-refractivity contribution in [1.29, 1.82) is 0 Å². The Labute approximate surface area is 265 Å². The summed E-state index contributed by atoms with van der Waals surface area (Å²) in [4.78, 5) is 51.2. The van der Waals surface area contributed by atoms with Crippen LogP contribution >= 0.6 is 0 Å². The largest absolute Gasteiger partial charge is 0.465 e. The molecule has 0 amide bonds. The lowest BCUT2D eigenvalue weighted by molar-refractivity contribution is -0.274. The number of aliphatic hydroxyl groups excluding tert-OH is 1. The van der Waals surface area contributed by atoms with E-state index in [4.69, 9.17) is 23.7 Å². The summed E-state index contributed by atoms with van der Waals surface area (Å²) in [5, 5.41) is 11.6. The third-order valence-electron chi connectivity index (χ3n) is 13.2. The minimum Gasteiger partial charge on any atom is -0.465 e. The number of rotatable bonds is 5. The van der Waals surface area contributed by atoms with Crippen molar-refractivity contribution in [3.8, 4) is 0 Å². The fourth-order valence-corrected chi connectivity index (χ4v) is 11.2. The van der Waals surface area contributed by atoms with E-state index >= 15 is 0 Å². The molecule has 2 unspecified atom stereocenters. The van der Waals surface area contributed by atoms with Crippen LogP contribution in [0.5, 0.6) is 0 Å². The van der Waals surface area contributed by atoms with Gasteiger partial charge in [0.25, 0.3) is 0 Å². The van der Waals surface area contributed by atoms with Gasteiger partial charge in [-0.3, -0.25) is 14.4 Å². The summed E-state index contributed by atoms with van der Waals surface area (Å²) in [6.45, 7) is 15.3. The summed E-state index contributed by atoms with van der Waals surface area (Å²) < 4.78 is 30.9. The average Bonchev–Trinajstić information content (AvgIpc) is 3.66. The third-order valence-corrected chi connectivity index (χ3v) is 13.2. The lowest BCUT2D eigenvalue weighted by Crippen LogP contribution is -2.74. The number of hydrogen-bond acceptors (Lipinski definition) is 10. The van der Waals surface area contributed by atoms with Crippen LogP contribution in [0.15, 0.2) is 23.3 Å². The Hall–Kier alpha value is -2.72. The molecule has 3 saturated carbocycles. The summed E-state index contributed by atoms with van der Waals surface area (Å²) in [6.07, 6.45) is 2.20. The van der Waals surface area contributed by atoms with Crippen molar-refractivity contribution in [3.05, 3.63) is 23.3 Å². The van der Waals surface area contributed by atoms with Gasteiger partial charge in [0, 0.05) is 59.3 Å². The van der Waals surface area contributed by atoms with E-state index in [1.807, 2.05) is 6.92 Å². The van der Waals surface area contributed by atoms with E-state index in [0.29, 0.717) is 31.4 Å². The third kappa shape index (κ3) is 4.33. The topological polar surface area (TPSA) is 135 Å². The van der Waals surface area contributed by atoms with Crippen LogP contribution in [0.4, 0.5) is 0 Å². The summed E-state index contributed by atoms with van der Waals surface area (Å²) in [6, 6.07) is 0. The maximum atomic E-state index is 13.6. The van der Waals surface area contributed by atoms with Crippen LogP contribution in [0.1, 0.15) is 81.1 Å². The van der Waals surface area contributed by atoms with Gasteiger partial charge >= 0.3 is 23.9 Å². The number of aliphatic hydroxyl groups is 1. The molecule has 0 spiro atoms. The second-order valence-corrected chi connectivity index (χ2v) is 15.3. The van der Waals surface area contributed by atoms with E-state index in [1.165, 1.54) is 13.8 Å². The number of fused-ring (bicyclic) bond motifs is 4. The van der Waals surface area contributed by atoms with E-state index in [2.05, 4.69) is 26.8 Å². The van der Waals surface area contributed by atoms with Crippen LogP contribution in [0.3, 0.4) is 0 Å². The lowest BCUT2D eigenvalue weighted by atomic mass is 9.35. The first-order valence-corrected chi connectivity index (χ1v) is 16.4. The first-order valence-electron chi connectivity index (χ1n) is 16.4. The molecule has 45 heavy (non-hydrogen) atoms. The van der Waals surface area contributed by atoms with Crippen molar-refractivity contribution in [2.24, 2.45) is 45.3 Å². The van der Waals surface area contributed by atoms with E-state index in [0.717, 1.165) is 5.57 Å². The highest BCUT2D eigenvalue weighted by Gasteiger charge is 2.79. The number of allylic oxidation sites excluding steroid dienone is 2. The number of carbonyl (C=O) groups excluding carboxylic acids is 4. The van der Waals surface area contributed by atoms with Gasteiger partial charge < -0.3 is 28.8 Å². The zero-order valence-electron chi connectivity index (χ0n) is 27.7. The molecular formula is C35H48O10. The van der Waals surface area contributed by atoms with Crippen molar-refractivity contribution in [2.75, 3.05) is 13.2 Å². The second kappa shape index (κ2) is 10.7. The van der Waals surface area contributed by atoms with Gasteiger partial charge in [-0.15, -0.1) is 0 Å². The number of cyclic esters (lactones) is 1. The molecule has 4 aliphatic carbocycles. The first-order chi connectivity index (χ1) is 21.0. The molecule has 5 fully saturated rings. The fraction of sp³-hybridized carbons (Fsp3) is 0.771. The Kier molecular flexibility index (Phi) is 7.63. The molecule has 6 rings (SSSR count). The zero-order valence-corrected chi connectivity index (χ0v) is 27.7. The maximum Gasteiger partial charge on any atom is 0.333 e. The molecule has 0 aromatic heterocycles. The molecule has 10 heteroatoms. The van der Waals surface area contributed by atoms with E-state index < -0.39 is 70.1 Å². The Balaban J connectivity index is 1.57. The zero-order chi connectivity index (χ0) is 32.9. The van der Waals surface area contributed by atoms with Crippen molar-refractivity contribution >= 4 is 23.9 Å². The van der Waals surface area contributed by atoms with Gasteiger partial charge in [-0.2, -0.15) is 0 Å². The molecule has 6 aliphatic rings. The standard InChI is InChI=1S/C35H48O10/c1-9-17(2)31(40)45-30-28-29-32(5,16-42-28)24(38)14-26(44-19(4)37)35(29,8)23-13-25(43-18(3)36)33(6)21(20-12-27(39)41-15-20)10-11-22(33)34(23,30)7/h9,11,20-21,23-26,28-30,38H,10,12-16H2,1-8H3/b17-9+/t20?,21-,23-,24+,25-,26-,28?,29-,30+,32+,33-,34-,35-/m0/s1. The van der Waals surface area contributed by atoms with Gasteiger partial charge in [-0.25, -0.2) is 4.79 Å². The van der Waals surface area contributed by atoms with Crippen LogP contribution in [0, 0.1) is 45.3 Å². The Morgan fingerprint density at radius 2 is 1.64 bits per heavy atom. The van der Waals surface area contributed by atoms with Gasteiger partial charge in [0.15, 0.2) is 0 Å². The monoisotopic (exact) mass is 628 g/mol. The normalized spacial score (nSPS) is 48.4. The molecular weight excluding hydrogens is 580 g/mol. The Bertz CT molecular complexity index is 1370. The number of hydrogen-bond donors (Lipinski definition) is 1. The summed E-state index contributed by atoms with van der Waals surface area (Å²) in [5.74, 6) is -2.24. The lowest BCUT2D eigenvalue weighted by Gasteiger charge is -2.70. The SMILES string of the molecule is C/C=C(\C)C(=O)O[C@@H]1C2OC[C@]3(C)[C@H](O)C[C@H](OC(C)=O)[C@@](C)([C@@H]23)[C@H]2C[C@H](OC(C)=O)[C@]3(C)C(=CC[C@H]3C3COC(=O)C3)[C@]12C. The summed E-state index contributed by atoms with van der Waals surface area (Å²) in [7, 11) is 0. The van der Waals surface area contributed by atoms with E-state index in [9.17, 15) is 24.3 Å². The van der Waals surface area contributed by atoms with E-state index in [-0.39, 0.29) is 42.7 Å². The highest BCUT2D eigenvalue weighted by Crippen LogP contribution is 2.76. The molecule has 248 valence electrons. The molecule has 0 bridgehead atoms. The summed E-state index contributed by atoms with van der Waals surface area (Å²) >= 11 is 0. The van der Waals surface area contributed by atoms with Gasteiger partial charge in [0.05, 0.1) is 31.8 Å². The molecule has 0 aromatic carbocycles. The minimum absolute atomic E-state index is 0.0487. The smallest absolute Gasteiger partial charge is 0.333 e. The summed E-state index contributed by atoms with van der Waals surface area (Å²) in [5.41, 5.74) is -1.45. The second-order valence-electron chi connectivity index (χ2n) is 15.3. The maximum absolute atomic E-state index is 13.6. The fourth-order valence-electron chi connectivity index (χ4n) is 11.2. The van der Waals surface area contributed by atoms with Crippen molar-refractivity contribution in [3.63, 3.8) is 0 Å². The minimum atomic E-state index is -0.824. The van der Waals surface area contributed by atoms with Crippen molar-refractivity contribution in [1.82, 2.24) is 0 Å². The highest BCUT2D eigenvalue weighted by molar-refractivity contribution is 5.88. The van der Waals surface area contributed by atoms with Gasteiger partial charge in [0.2, 0.25) is 0 Å². The van der Waals surface area contributed by atoms with Crippen LogP contribution in [-0.2, 0) is 42.9 Å². The van der Waals surface area contributed by atoms with Gasteiger partial charge in [-0.1, -0.05) is 45.4 Å². The van der Waals surface area contributed by atoms with Crippen molar-refractivity contribution < 1.29 is 48.0 Å². The van der Waals surface area contributed by atoms with Crippen LogP contribution in [0.2, 0.25) is 0 Å². The molecule has 2 heterocycles. The molecule has 0 aromatic rings. The average molecular weight is 629 g/mol. The van der Waals surface area contributed by atoms with Crippen LogP contribution < -0.4 is 0 Å². The predicted molar refractivity (Wildman–Crippen MR) is 160 cm³/mol. The number of esters is 4.